The fraction of sp³-hybridized carbons (Fsp3) is 0.0556. The molecule has 1 heterocycles. The molecule has 0 unspecified atom stereocenters. The topological polar surface area (TPSA) is 84.2 Å². The predicted octanol–water partition coefficient (Wildman–Crippen LogP) is 3.04. The van der Waals surface area contributed by atoms with Crippen molar-refractivity contribution in [3.63, 3.8) is 0 Å². The predicted molar refractivity (Wildman–Crippen MR) is 90.0 cm³/mol. The lowest BCUT2D eigenvalue weighted by Gasteiger charge is -2.08. The maximum atomic E-state index is 12.3. The second kappa shape index (κ2) is 6.37. The number of aryl methyl sites for hydroxylation is 1. The first-order chi connectivity index (χ1) is 11.6. The molecule has 6 heteroatoms. The van der Waals surface area contributed by atoms with E-state index in [0.717, 1.165) is 17.3 Å². The SMILES string of the molecule is Cn1ncc(C(=O)O)c1C(=O)Nc1ccc(-c2ccccc2)cc1. The Morgan fingerprint density at radius 3 is 2.25 bits per heavy atom. The fourth-order valence-corrected chi connectivity index (χ4v) is 2.43. The quantitative estimate of drug-likeness (QED) is 0.773. The summed E-state index contributed by atoms with van der Waals surface area (Å²) < 4.78 is 1.25. The highest BCUT2D eigenvalue weighted by atomic mass is 16.4. The molecular formula is C18H15N3O3. The molecule has 0 saturated heterocycles. The number of carboxylic acids is 1. The van der Waals surface area contributed by atoms with Gasteiger partial charge < -0.3 is 10.4 Å². The van der Waals surface area contributed by atoms with Crippen LogP contribution in [0.5, 0.6) is 0 Å². The third-order valence-corrected chi connectivity index (χ3v) is 3.63. The average molecular weight is 321 g/mol. The van der Waals surface area contributed by atoms with Gasteiger partial charge in [-0.25, -0.2) is 4.79 Å². The molecule has 2 N–H and O–H groups in total. The summed E-state index contributed by atoms with van der Waals surface area (Å²) in [7, 11) is 1.53. The van der Waals surface area contributed by atoms with E-state index in [1.54, 1.807) is 12.1 Å². The van der Waals surface area contributed by atoms with E-state index in [1.165, 1.54) is 11.7 Å². The van der Waals surface area contributed by atoms with Crippen molar-refractivity contribution >= 4 is 17.6 Å². The molecule has 0 aliphatic rings. The summed E-state index contributed by atoms with van der Waals surface area (Å²) >= 11 is 0. The van der Waals surface area contributed by atoms with Crippen LogP contribution in [0.1, 0.15) is 20.8 Å². The van der Waals surface area contributed by atoms with Crippen molar-refractivity contribution in [3.05, 3.63) is 72.1 Å². The van der Waals surface area contributed by atoms with Gasteiger partial charge >= 0.3 is 5.97 Å². The van der Waals surface area contributed by atoms with Gasteiger partial charge in [0.1, 0.15) is 11.3 Å². The zero-order valence-corrected chi connectivity index (χ0v) is 12.9. The normalized spacial score (nSPS) is 10.4. The van der Waals surface area contributed by atoms with Crippen LogP contribution in [0.4, 0.5) is 5.69 Å². The third kappa shape index (κ3) is 3.03. The Kier molecular flexibility index (Phi) is 4.11. The number of hydrogen-bond acceptors (Lipinski definition) is 3. The van der Waals surface area contributed by atoms with Crippen molar-refractivity contribution in [2.45, 2.75) is 0 Å². The van der Waals surface area contributed by atoms with Crippen LogP contribution in [-0.2, 0) is 7.05 Å². The number of nitrogens with zero attached hydrogens (tertiary/aromatic N) is 2. The maximum absolute atomic E-state index is 12.3. The highest BCUT2D eigenvalue weighted by molar-refractivity contribution is 6.09. The Labute approximate surface area is 138 Å². The number of carbonyl (C=O) groups excluding carboxylic acids is 1. The minimum Gasteiger partial charge on any atom is -0.478 e. The second-order valence-corrected chi connectivity index (χ2v) is 5.23. The Balaban J connectivity index is 1.81. The van der Waals surface area contributed by atoms with E-state index in [1.807, 2.05) is 42.5 Å². The van der Waals surface area contributed by atoms with Crippen LogP contribution in [-0.4, -0.2) is 26.8 Å². The summed E-state index contributed by atoms with van der Waals surface area (Å²) in [6.45, 7) is 0. The Bertz CT molecular complexity index is 884. The van der Waals surface area contributed by atoms with Crippen molar-refractivity contribution in [2.75, 3.05) is 5.32 Å². The van der Waals surface area contributed by atoms with Gasteiger partial charge in [0.2, 0.25) is 0 Å². The zero-order chi connectivity index (χ0) is 17.1. The standard InChI is InChI=1S/C18H15N3O3/c1-21-16(15(11-19-21)18(23)24)17(22)20-14-9-7-13(8-10-14)12-5-3-2-4-6-12/h2-11H,1H3,(H,20,22)(H,23,24). The molecule has 0 atom stereocenters. The molecular weight excluding hydrogens is 306 g/mol. The van der Waals surface area contributed by atoms with E-state index >= 15 is 0 Å². The molecule has 0 spiro atoms. The molecule has 0 aliphatic heterocycles. The van der Waals surface area contributed by atoms with Gasteiger partial charge in [-0.05, 0) is 23.3 Å². The van der Waals surface area contributed by atoms with Crippen LogP contribution in [0.15, 0.2) is 60.8 Å². The molecule has 1 aromatic heterocycles. The number of nitrogens with one attached hydrogen (secondary N) is 1. The van der Waals surface area contributed by atoms with Gasteiger partial charge in [0.05, 0.1) is 6.20 Å². The van der Waals surface area contributed by atoms with Gasteiger partial charge in [0, 0.05) is 12.7 Å². The molecule has 24 heavy (non-hydrogen) atoms. The van der Waals surface area contributed by atoms with E-state index in [9.17, 15) is 9.59 Å². The minimum absolute atomic E-state index is 0.00892. The first kappa shape index (κ1) is 15.5. The molecule has 120 valence electrons. The highest BCUT2D eigenvalue weighted by Gasteiger charge is 2.21. The molecule has 0 radical (unpaired) electrons. The summed E-state index contributed by atoms with van der Waals surface area (Å²) in [5.41, 5.74) is 2.57. The third-order valence-electron chi connectivity index (χ3n) is 3.63. The van der Waals surface area contributed by atoms with E-state index in [-0.39, 0.29) is 11.3 Å². The van der Waals surface area contributed by atoms with E-state index < -0.39 is 11.9 Å². The number of anilines is 1. The fourth-order valence-electron chi connectivity index (χ4n) is 2.43. The number of aromatic nitrogens is 2. The number of carboxylic acid groups (broad SMARTS) is 1. The van der Waals surface area contributed by atoms with Crippen LogP contribution in [0, 0.1) is 0 Å². The van der Waals surface area contributed by atoms with Crippen LogP contribution in [0.25, 0.3) is 11.1 Å². The van der Waals surface area contributed by atoms with E-state index in [4.69, 9.17) is 5.11 Å². The van der Waals surface area contributed by atoms with Gasteiger partial charge in [-0.15, -0.1) is 0 Å². The maximum Gasteiger partial charge on any atom is 0.339 e. The lowest BCUT2D eigenvalue weighted by Crippen LogP contribution is -2.19. The molecule has 2 aromatic carbocycles. The van der Waals surface area contributed by atoms with Crippen molar-refractivity contribution < 1.29 is 14.7 Å². The van der Waals surface area contributed by atoms with Gasteiger partial charge in [-0.3, -0.25) is 9.48 Å². The summed E-state index contributed by atoms with van der Waals surface area (Å²) in [6, 6.07) is 17.2. The Hall–Kier alpha value is -3.41. The summed E-state index contributed by atoms with van der Waals surface area (Å²) in [5.74, 6) is -1.70. The summed E-state index contributed by atoms with van der Waals surface area (Å²) in [4.78, 5) is 23.5. The first-order valence-electron chi connectivity index (χ1n) is 7.28. The van der Waals surface area contributed by atoms with Crippen LogP contribution >= 0.6 is 0 Å². The van der Waals surface area contributed by atoms with Gasteiger partial charge in [0.15, 0.2) is 0 Å². The van der Waals surface area contributed by atoms with Crippen LogP contribution < -0.4 is 5.32 Å². The van der Waals surface area contributed by atoms with Crippen molar-refractivity contribution in [2.24, 2.45) is 7.05 Å². The lowest BCUT2D eigenvalue weighted by atomic mass is 10.1. The smallest absolute Gasteiger partial charge is 0.339 e. The number of aromatic carboxylic acids is 1. The minimum atomic E-state index is -1.19. The van der Waals surface area contributed by atoms with Gasteiger partial charge in [-0.1, -0.05) is 42.5 Å². The van der Waals surface area contributed by atoms with E-state index in [2.05, 4.69) is 10.4 Å². The van der Waals surface area contributed by atoms with Crippen LogP contribution in [0.2, 0.25) is 0 Å². The first-order valence-corrected chi connectivity index (χ1v) is 7.28. The second-order valence-electron chi connectivity index (χ2n) is 5.23. The highest BCUT2D eigenvalue weighted by Crippen LogP contribution is 2.21. The molecule has 0 bridgehead atoms. The number of amides is 1. The largest absolute Gasteiger partial charge is 0.478 e. The van der Waals surface area contributed by atoms with Crippen LogP contribution in [0.3, 0.4) is 0 Å². The molecule has 0 fully saturated rings. The number of hydrogen-bond donors (Lipinski definition) is 2. The molecule has 3 aromatic rings. The van der Waals surface area contributed by atoms with E-state index in [0.29, 0.717) is 5.69 Å². The monoisotopic (exact) mass is 321 g/mol. The van der Waals surface area contributed by atoms with Gasteiger partial charge in [-0.2, -0.15) is 5.10 Å². The number of benzene rings is 2. The lowest BCUT2D eigenvalue weighted by molar-refractivity contribution is 0.0692. The van der Waals surface area contributed by atoms with Crippen molar-refractivity contribution in [1.82, 2.24) is 9.78 Å². The number of carbonyl (C=O) groups is 2. The Morgan fingerprint density at radius 1 is 1.00 bits per heavy atom. The van der Waals surface area contributed by atoms with Crippen molar-refractivity contribution in [3.8, 4) is 11.1 Å². The van der Waals surface area contributed by atoms with Crippen molar-refractivity contribution in [1.29, 1.82) is 0 Å². The summed E-state index contributed by atoms with van der Waals surface area (Å²) in [5, 5.41) is 15.6. The molecule has 3 rings (SSSR count). The van der Waals surface area contributed by atoms with Gasteiger partial charge in [0.25, 0.3) is 5.91 Å². The summed E-state index contributed by atoms with van der Waals surface area (Å²) in [6.07, 6.45) is 1.16. The molecule has 0 aliphatic carbocycles. The molecule has 0 saturated carbocycles. The zero-order valence-electron chi connectivity index (χ0n) is 12.9. The Morgan fingerprint density at radius 2 is 1.62 bits per heavy atom. The average Bonchev–Trinajstić information content (AvgIpc) is 2.98. The number of rotatable bonds is 4. The molecule has 1 amide bonds. The molecule has 6 nitrogen and oxygen atoms in total.